The lowest BCUT2D eigenvalue weighted by Gasteiger charge is -2.01. The lowest BCUT2D eigenvalue weighted by molar-refractivity contribution is 0.189. The Morgan fingerprint density at radius 2 is 2.42 bits per heavy atom. The smallest absolute Gasteiger partial charge is 0.164 e. The van der Waals surface area contributed by atoms with Crippen LogP contribution in [-0.2, 0) is 18.0 Å². The van der Waals surface area contributed by atoms with Crippen molar-refractivity contribution in [2.45, 2.75) is 18.1 Å². The molecule has 0 saturated heterocycles. The molecule has 2 unspecified atom stereocenters. The average Bonchev–Trinajstić information content (AvgIpc) is 2.30. The van der Waals surface area contributed by atoms with Crippen LogP contribution in [0.1, 0.15) is 18.7 Å². The molecule has 0 spiro atoms. The number of nitrogens with zero attached hydrogens (tertiary/aromatic N) is 2. The number of aromatic nitrogens is 2. The first-order valence-electron chi connectivity index (χ1n) is 3.40. The van der Waals surface area contributed by atoms with Crippen LogP contribution in [-0.4, -0.2) is 19.1 Å². The van der Waals surface area contributed by atoms with Crippen molar-refractivity contribution in [1.82, 2.24) is 9.78 Å². The normalized spacial score (nSPS) is 16.0. The molecule has 12 heavy (non-hydrogen) atoms. The molecule has 0 aliphatic carbocycles. The summed E-state index contributed by atoms with van der Waals surface area (Å²) in [5, 5.41) is 18.5. The molecule has 5 nitrogen and oxygen atoms in total. The lowest BCUT2D eigenvalue weighted by Crippen LogP contribution is -2.04. The van der Waals surface area contributed by atoms with Gasteiger partial charge in [0, 0.05) is 7.05 Å². The third-order valence-corrected chi connectivity index (χ3v) is 2.14. The van der Waals surface area contributed by atoms with E-state index >= 15 is 0 Å². The molecular formula is C6H11N3O2S. The SMILES string of the molecule is CC(O)c1cc(S(N)=O)nn1C. The van der Waals surface area contributed by atoms with Gasteiger partial charge in [-0.05, 0) is 13.0 Å². The molecule has 0 saturated carbocycles. The first-order valence-corrected chi connectivity index (χ1v) is 4.62. The largest absolute Gasteiger partial charge is 0.387 e. The minimum atomic E-state index is -1.58. The molecule has 2 atom stereocenters. The first kappa shape index (κ1) is 9.37. The second kappa shape index (κ2) is 3.34. The van der Waals surface area contributed by atoms with Gasteiger partial charge in [0.2, 0.25) is 0 Å². The fraction of sp³-hybridized carbons (Fsp3) is 0.500. The van der Waals surface area contributed by atoms with E-state index in [4.69, 9.17) is 5.14 Å². The highest BCUT2D eigenvalue weighted by Gasteiger charge is 2.11. The second-order valence-electron chi connectivity index (χ2n) is 2.50. The number of aliphatic hydroxyl groups is 1. The quantitative estimate of drug-likeness (QED) is 0.655. The van der Waals surface area contributed by atoms with Crippen LogP contribution >= 0.6 is 0 Å². The number of hydrogen-bond acceptors (Lipinski definition) is 3. The van der Waals surface area contributed by atoms with Gasteiger partial charge < -0.3 is 5.11 Å². The summed E-state index contributed by atoms with van der Waals surface area (Å²) in [5.74, 6) is 0. The maximum absolute atomic E-state index is 10.8. The van der Waals surface area contributed by atoms with Crippen LogP contribution in [0.25, 0.3) is 0 Å². The highest BCUT2D eigenvalue weighted by atomic mass is 32.2. The molecule has 1 heterocycles. The fourth-order valence-corrected chi connectivity index (χ4v) is 1.38. The molecule has 0 fully saturated rings. The summed E-state index contributed by atoms with van der Waals surface area (Å²) < 4.78 is 12.2. The Morgan fingerprint density at radius 3 is 2.67 bits per heavy atom. The van der Waals surface area contributed by atoms with E-state index in [1.165, 1.54) is 10.7 Å². The summed E-state index contributed by atoms with van der Waals surface area (Å²) in [4.78, 5) is 0. The molecule has 68 valence electrons. The van der Waals surface area contributed by atoms with Crippen LogP contribution < -0.4 is 5.14 Å². The van der Waals surface area contributed by atoms with Gasteiger partial charge in [0.05, 0.1) is 11.8 Å². The Kier molecular flexibility index (Phi) is 2.61. The number of hydrogen-bond donors (Lipinski definition) is 2. The predicted octanol–water partition coefficient (Wildman–Crippen LogP) is -0.545. The van der Waals surface area contributed by atoms with E-state index in [1.54, 1.807) is 14.0 Å². The maximum Gasteiger partial charge on any atom is 0.164 e. The van der Waals surface area contributed by atoms with Crippen LogP contribution in [0.5, 0.6) is 0 Å². The number of aryl methyl sites for hydroxylation is 1. The highest BCUT2D eigenvalue weighted by molar-refractivity contribution is 7.82. The van der Waals surface area contributed by atoms with Crippen molar-refractivity contribution in [3.63, 3.8) is 0 Å². The Hall–Kier alpha value is -0.720. The van der Waals surface area contributed by atoms with Crippen molar-refractivity contribution in [1.29, 1.82) is 0 Å². The molecule has 0 bridgehead atoms. The third-order valence-electron chi connectivity index (χ3n) is 1.53. The molecule has 1 aromatic rings. The van der Waals surface area contributed by atoms with Gasteiger partial charge >= 0.3 is 0 Å². The molecule has 0 aliphatic rings. The summed E-state index contributed by atoms with van der Waals surface area (Å²) in [6, 6.07) is 1.53. The molecule has 0 radical (unpaired) electrons. The van der Waals surface area contributed by atoms with E-state index < -0.39 is 17.1 Å². The van der Waals surface area contributed by atoms with Gasteiger partial charge in [0.25, 0.3) is 0 Å². The molecule has 3 N–H and O–H groups in total. The van der Waals surface area contributed by atoms with Gasteiger partial charge in [-0.25, -0.2) is 9.35 Å². The summed E-state index contributed by atoms with van der Waals surface area (Å²) in [6.45, 7) is 1.61. The van der Waals surface area contributed by atoms with Gasteiger partial charge in [-0.3, -0.25) is 4.68 Å². The topological polar surface area (TPSA) is 81.1 Å². The van der Waals surface area contributed by atoms with Crippen molar-refractivity contribution in [3.8, 4) is 0 Å². The molecule has 0 aromatic carbocycles. The first-order chi connectivity index (χ1) is 5.52. The summed E-state index contributed by atoms with van der Waals surface area (Å²) in [7, 11) is 0.0871. The molecule has 6 heteroatoms. The molecule has 1 rings (SSSR count). The Bertz CT molecular complexity index is 308. The van der Waals surface area contributed by atoms with E-state index in [0.29, 0.717) is 5.69 Å². The Morgan fingerprint density at radius 1 is 1.83 bits per heavy atom. The van der Waals surface area contributed by atoms with E-state index in [9.17, 15) is 9.32 Å². The standard InChI is InChI=1S/C6H11N3O2S/c1-4(10)5-3-6(12(7)11)8-9(5)2/h3-4,10H,7H2,1-2H3. The maximum atomic E-state index is 10.8. The van der Waals surface area contributed by atoms with Gasteiger partial charge in [0.15, 0.2) is 5.03 Å². The van der Waals surface area contributed by atoms with Crippen LogP contribution in [0.15, 0.2) is 11.1 Å². The van der Waals surface area contributed by atoms with Gasteiger partial charge in [-0.2, -0.15) is 5.10 Å². The summed E-state index contributed by atoms with van der Waals surface area (Å²) in [6.07, 6.45) is -0.625. The van der Waals surface area contributed by atoms with Crippen molar-refractivity contribution < 1.29 is 9.32 Å². The zero-order valence-corrected chi connectivity index (χ0v) is 7.71. The van der Waals surface area contributed by atoms with Crippen molar-refractivity contribution in [2.24, 2.45) is 12.2 Å². The van der Waals surface area contributed by atoms with Gasteiger partial charge in [-0.1, -0.05) is 0 Å². The predicted molar refractivity (Wildman–Crippen MR) is 44.4 cm³/mol. The summed E-state index contributed by atoms with van der Waals surface area (Å²) >= 11 is 0. The average molecular weight is 189 g/mol. The van der Waals surface area contributed by atoms with Crippen LogP contribution in [0, 0.1) is 0 Å². The van der Waals surface area contributed by atoms with E-state index in [2.05, 4.69) is 5.10 Å². The second-order valence-corrected chi connectivity index (χ2v) is 3.52. The van der Waals surface area contributed by atoms with Crippen molar-refractivity contribution >= 4 is 11.0 Å². The minimum absolute atomic E-state index is 0.286. The minimum Gasteiger partial charge on any atom is -0.387 e. The molecule has 1 aromatic heterocycles. The van der Waals surface area contributed by atoms with Crippen molar-refractivity contribution in [3.05, 3.63) is 11.8 Å². The van der Waals surface area contributed by atoms with Gasteiger partial charge in [0.1, 0.15) is 11.0 Å². The lowest BCUT2D eigenvalue weighted by atomic mass is 10.3. The van der Waals surface area contributed by atoms with Crippen molar-refractivity contribution in [2.75, 3.05) is 0 Å². The molecule has 0 amide bonds. The Labute approximate surface area is 72.8 Å². The fourth-order valence-electron chi connectivity index (χ4n) is 0.944. The van der Waals surface area contributed by atoms with Gasteiger partial charge in [-0.15, -0.1) is 0 Å². The summed E-state index contributed by atoms with van der Waals surface area (Å²) in [5.41, 5.74) is 0.601. The molecular weight excluding hydrogens is 178 g/mol. The number of rotatable bonds is 2. The molecule has 0 aliphatic heterocycles. The number of nitrogens with two attached hydrogens (primary N) is 1. The van der Waals surface area contributed by atoms with E-state index in [1.807, 2.05) is 0 Å². The monoisotopic (exact) mass is 189 g/mol. The van der Waals surface area contributed by atoms with Crippen LogP contribution in [0.4, 0.5) is 0 Å². The van der Waals surface area contributed by atoms with E-state index in [-0.39, 0.29) is 5.03 Å². The van der Waals surface area contributed by atoms with E-state index in [0.717, 1.165) is 0 Å². The number of aliphatic hydroxyl groups excluding tert-OH is 1. The van der Waals surface area contributed by atoms with Crippen LogP contribution in [0.3, 0.4) is 0 Å². The third kappa shape index (κ3) is 1.71. The Balaban J connectivity index is 3.09. The highest BCUT2D eigenvalue weighted by Crippen LogP contribution is 2.13. The zero-order chi connectivity index (χ0) is 9.30. The van der Waals surface area contributed by atoms with Crippen LogP contribution in [0.2, 0.25) is 0 Å². The zero-order valence-electron chi connectivity index (χ0n) is 6.89.